The summed E-state index contributed by atoms with van der Waals surface area (Å²) in [5, 5.41) is 1.01. The van der Waals surface area contributed by atoms with Crippen molar-refractivity contribution in [2.24, 2.45) is 0 Å². The zero-order valence-electron chi connectivity index (χ0n) is 13.4. The maximum Gasteiger partial charge on any atom is 0.163 e. The number of aromatic nitrogens is 2. The predicted octanol–water partition coefficient (Wildman–Crippen LogP) is 5.03. The zero-order chi connectivity index (χ0) is 17.3. The molecule has 0 aliphatic heterocycles. The van der Waals surface area contributed by atoms with Gasteiger partial charge in [0.05, 0.1) is 30.3 Å². The molecule has 126 valence electrons. The first-order valence-electron chi connectivity index (χ1n) is 7.25. The van der Waals surface area contributed by atoms with Crippen molar-refractivity contribution in [2.45, 2.75) is 13.0 Å². The van der Waals surface area contributed by atoms with E-state index in [2.05, 4.69) is 9.97 Å². The molecule has 1 N–H and O–H groups in total. The lowest BCUT2D eigenvalue weighted by molar-refractivity contribution is 0.218. The highest BCUT2D eigenvalue weighted by molar-refractivity contribution is 6.35. The second-order valence-corrected chi connectivity index (χ2v) is 6.02. The van der Waals surface area contributed by atoms with Gasteiger partial charge >= 0.3 is 0 Å². The van der Waals surface area contributed by atoms with E-state index in [1.807, 2.05) is 19.1 Å². The summed E-state index contributed by atoms with van der Waals surface area (Å²) < 4.78 is 16.5. The lowest BCUT2D eigenvalue weighted by Gasteiger charge is -2.13. The Hall–Kier alpha value is -2.11. The number of H-pyrrole nitrogens is 1. The van der Waals surface area contributed by atoms with E-state index in [1.54, 1.807) is 32.4 Å². The van der Waals surface area contributed by atoms with Crippen LogP contribution in [0, 0.1) is 0 Å². The largest absolute Gasteiger partial charge is 0.493 e. The number of methoxy groups -OCH3 is 2. The lowest BCUT2D eigenvalue weighted by atomic mass is 10.3. The van der Waals surface area contributed by atoms with E-state index in [-0.39, 0.29) is 6.10 Å². The second-order valence-electron chi connectivity index (χ2n) is 5.18. The number of nitrogens with one attached hydrogen (secondary N) is 1. The number of hydrogen-bond acceptors (Lipinski definition) is 4. The van der Waals surface area contributed by atoms with Crippen LogP contribution in [-0.4, -0.2) is 24.2 Å². The van der Waals surface area contributed by atoms with Gasteiger partial charge in [-0.2, -0.15) is 0 Å². The van der Waals surface area contributed by atoms with E-state index >= 15 is 0 Å². The first-order valence-corrected chi connectivity index (χ1v) is 8.00. The Kier molecular flexibility index (Phi) is 4.73. The van der Waals surface area contributed by atoms with Crippen molar-refractivity contribution in [1.29, 1.82) is 0 Å². The molecule has 1 aromatic heterocycles. The Bertz CT molecular complexity index is 839. The van der Waals surface area contributed by atoms with Gasteiger partial charge in [-0.25, -0.2) is 4.98 Å². The quantitative estimate of drug-likeness (QED) is 0.687. The topological polar surface area (TPSA) is 56.4 Å². The lowest BCUT2D eigenvalue weighted by Crippen LogP contribution is -2.05. The molecule has 0 radical (unpaired) electrons. The summed E-state index contributed by atoms with van der Waals surface area (Å²) in [4.78, 5) is 7.79. The highest BCUT2D eigenvalue weighted by atomic mass is 35.5. The first kappa shape index (κ1) is 16.7. The molecule has 0 aliphatic rings. The first-order chi connectivity index (χ1) is 11.5. The fraction of sp³-hybridized carbons (Fsp3) is 0.235. The highest BCUT2D eigenvalue weighted by Gasteiger charge is 2.16. The molecule has 0 saturated heterocycles. The molecule has 3 aromatic rings. The molecule has 2 aromatic carbocycles. The third kappa shape index (κ3) is 3.23. The van der Waals surface area contributed by atoms with Crippen molar-refractivity contribution in [2.75, 3.05) is 14.2 Å². The van der Waals surface area contributed by atoms with Gasteiger partial charge < -0.3 is 19.2 Å². The number of imidazole rings is 1. The minimum Gasteiger partial charge on any atom is -0.493 e. The van der Waals surface area contributed by atoms with Crippen molar-refractivity contribution in [3.05, 3.63) is 46.2 Å². The summed E-state index contributed by atoms with van der Waals surface area (Å²) in [5.41, 5.74) is 1.60. The summed E-state index contributed by atoms with van der Waals surface area (Å²) >= 11 is 12.0. The van der Waals surface area contributed by atoms with Gasteiger partial charge in [-0.15, -0.1) is 0 Å². The molecule has 0 fully saturated rings. The molecule has 7 heteroatoms. The molecular weight excluding hydrogens is 351 g/mol. The van der Waals surface area contributed by atoms with Crippen LogP contribution in [0.25, 0.3) is 11.0 Å². The normalized spacial score (nSPS) is 12.2. The van der Waals surface area contributed by atoms with Gasteiger partial charge in [0.15, 0.2) is 17.6 Å². The molecule has 0 aliphatic carbocycles. The molecule has 24 heavy (non-hydrogen) atoms. The van der Waals surface area contributed by atoms with Crippen LogP contribution >= 0.6 is 23.2 Å². The number of fused-ring (bicyclic) bond motifs is 1. The fourth-order valence-electron chi connectivity index (χ4n) is 2.37. The monoisotopic (exact) mass is 366 g/mol. The Morgan fingerprint density at radius 1 is 1.00 bits per heavy atom. The van der Waals surface area contributed by atoms with Gasteiger partial charge in [0.25, 0.3) is 0 Å². The summed E-state index contributed by atoms with van der Waals surface area (Å²) in [6.45, 7) is 1.89. The van der Waals surface area contributed by atoms with Crippen molar-refractivity contribution in [1.82, 2.24) is 9.97 Å². The van der Waals surface area contributed by atoms with Crippen molar-refractivity contribution in [3.63, 3.8) is 0 Å². The molecule has 0 amide bonds. The zero-order valence-corrected chi connectivity index (χ0v) is 14.9. The molecule has 1 unspecified atom stereocenters. The maximum absolute atomic E-state index is 6.15. The highest BCUT2D eigenvalue weighted by Crippen LogP contribution is 2.34. The van der Waals surface area contributed by atoms with E-state index in [9.17, 15) is 0 Å². The molecule has 0 saturated carbocycles. The number of rotatable bonds is 5. The van der Waals surface area contributed by atoms with Gasteiger partial charge in [0.2, 0.25) is 0 Å². The summed E-state index contributed by atoms with van der Waals surface area (Å²) in [6, 6.07) is 8.75. The Morgan fingerprint density at radius 3 is 2.38 bits per heavy atom. The van der Waals surface area contributed by atoms with Crippen LogP contribution in [0.5, 0.6) is 17.2 Å². The minimum atomic E-state index is -0.326. The Labute approximate surface area is 149 Å². The van der Waals surface area contributed by atoms with Crippen LogP contribution in [0.2, 0.25) is 10.0 Å². The number of ether oxygens (including phenoxy) is 3. The second kappa shape index (κ2) is 6.79. The molecule has 1 heterocycles. The molecule has 1 atom stereocenters. The van der Waals surface area contributed by atoms with Crippen LogP contribution in [0.1, 0.15) is 18.9 Å². The van der Waals surface area contributed by atoms with Crippen LogP contribution in [0.3, 0.4) is 0 Å². The number of hydrogen-bond donors (Lipinski definition) is 1. The number of aromatic amines is 1. The maximum atomic E-state index is 6.15. The van der Waals surface area contributed by atoms with Gasteiger partial charge in [0, 0.05) is 17.2 Å². The van der Waals surface area contributed by atoms with Crippen molar-refractivity contribution >= 4 is 34.2 Å². The van der Waals surface area contributed by atoms with E-state index in [0.717, 1.165) is 11.0 Å². The van der Waals surface area contributed by atoms with Crippen molar-refractivity contribution < 1.29 is 14.2 Å². The molecule has 0 bridgehead atoms. The average molecular weight is 367 g/mol. The van der Waals surface area contributed by atoms with E-state index in [0.29, 0.717) is 33.1 Å². The molecule has 5 nitrogen and oxygen atoms in total. The summed E-state index contributed by atoms with van der Waals surface area (Å²) in [5.74, 6) is 2.47. The summed E-state index contributed by atoms with van der Waals surface area (Å²) in [7, 11) is 3.18. The average Bonchev–Trinajstić information content (AvgIpc) is 2.98. The van der Waals surface area contributed by atoms with Crippen LogP contribution in [0.4, 0.5) is 0 Å². The molecule has 3 rings (SSSR count). The van der Waals surface area contributed by atoms with Gasteiger partial charge in [-0.1, -0.05) is 23.2 Å². The van der Waals surface area contributed by atoms with Crippen LogP contribution in [-0.2, 0) is 0 Å². The molecule has 0 spiro atoms. The van der Waals surface area contributed by atoms with Crippen LogP contribution in [0.15, 0.2) is 30.3 Å². The Morgan fingerprint density at radius 2 is 1.71 bits per heavy atom. The third-order valence-electron chi connectivity index (χ3n) is 3.59. The number of benzene rings is 2. The van der Waals surface area contributed by atoms with Crippen molar-refractivity contribution in [3.8, 4) is 17.2 Å². The summed E-state index contributed by atoms with van der Waals surface area (Å²) in [6.07, 6.45) is -0.326. The van der Waals surface area contributed by atoms with E-state index in [1.165, 1.54) is 0 Å². The van der Waals surface area contributed by atoms with Gasteiger partial charge in [-0.3, -0.25) is 0 Å². The SMILES string of the molecule is COc1cc2nc(C(C)Oc3ccc(Cl)cc3Cl)[nH]c2cc1OC. The van der Waals surface area contributed by atoms with Gasteiger partial charge in [0.1, 0.15) is 11.6 Å². The molecular formula is C17H16Cl2N2O3. The number of halogens is 2. The van der Waals surface area contributed by atoms with E-state index < -0.39 is 0 Å². The smallest absolute Gasteiger partial charge is 0.163 e. The fourth-order valence-corrected chi connectivity index (χ4v) is 2.82. The number of nitrogens with zero attached hydrogens (tertiary/aromatic N) is 1. The Balaban J connectivity index is 1.90. The third-order valence-corrected chi connectivity index (χ3v) is 4.12. The van der Waals surface area contributed by atoms with Crippen LogP contribution < -0.4 is 14.2 Å². The minimum absolute atomic E-state index is 0.326. The van der Waals surface area contributed by atoms with Gasteiger partial charge in [-0.05, 0) is 25.1 Å². The standard InChI is InChI=1S/C17H16Cl2N2O3/c1-9(24-14-5-4-10(18)6-11(14)19)17-20-12-7-15(22-2)16(23-3)8-13(12)21-17/h4-9H,1-3H3,(H,20,21). The van der Waals surface area contributed by atoms with E-state index in [4.69, 9.17) is 37.4 Å². The predicted molar refractivity (Wildman–Crippen MR) is 94.7 cm³/mol.